The molecule has 176 valence electrons. The average Bonchev–Trinajstić information content (AvgIpc) is 2.57. The van der Waals surface area contributed by atoms with E-state index in [0.29, 0.717) is 22.7 Å². The molecule has 4 nitrogen and oxygen atoms in total. The summed E-state index contributed by atoms with van der Waals surface area (Å²) in [5, 5.41) is 11.2. The van der Waals surface area contributed by atoms with Crippen LogP contribution in [0.2, 0.25) is 19.1 Å². The zero-order valence-corrected chi connectivity index (χ0v) is 22.1. The molecule has 0 aliphatic rings. The maximum atomic E-state index is 14.2. The standard InChI is InChI=1S/C25H35FO4SSi/c1-24(2,3)30-32(7,8)17-22(19-10-9-11-20(26)16-19)23(25(4,5)27)18-12-14-21(15-13-18)31(6,28)29/h9-16,27H,17H2,1-8H3. The third-order valence-corrected chi connectivity index (χ3v) is 8.34. The molecule has 0 fully saturated rings. The van der Waals surface area contributed by atoms with Crippen molar-refractivity contribution in [3.63, 3.8) is 0 Å². The molecular formula is C25H35FO4SSi. The molecule has 0 spiro atoms. The number of sulfone groups is 1. The lowest BCUT2D eigenvalue weighted by Crippen LogP contribution is -2.39. The van der Waals surface area contributed by atoms with Crippen molar-refractivity contribution in [3.8, 4) is 0 Å². The second kappa shape index (κ2) is 9.21. The molecule has 0 bridgehead atoms. The Morgan fingerprint density at radius 2 is 1.56 bits per heavy atom. The summed E-state index contributed by atoms with van der Waals surface area (Å²) in [6, 6.07) is 13.3. The van der Waals surface area contributed by atoms with Gasteiger partial charge in [0.1, 0.15) is 5.82 Å². The molecule has 0 saturated carbocycles. The van der Waals surface area contributed by atoms with Gasteiger partial charge in [-0.15, -0.1) is 0 Å². The highest BCUT2D eigenvalue weighted by Gasteiger charge is 2.34. The van der Waals surface area contributed by atoms with E-state index < -0.39 is 23.8 Å². The summed E-state index contributed by atoms with van der Waals surface area (Å²) < 4.78 is 44.4. The van der Waals surface area contributed by atoms with E-state index in [1.54, 1.807) is 32.0 Å². The van der Waals surface area contributed by atoms with Gasteiger partial charge in [0.25, 0.3) is 0 Å². The van der Waals surface area contributed by atoms with Gasteiger partial charge in [0.15, 0.2) is 18.2 Å². The smallest absolute Gasteiger partial charge is 0.191 e. The van der Waals surface area contributed by atoms with Gasteiger partial charge in [-0.25, -0.2) is 12.8 Å². The van der Waals surface area contributed by atoms with Crippen LogP contribution in [-0.2, 0) is 14.3 Å². The molecule has 0 aliphatic carbocycles. The van der Waals surface area contributed by atoms with Crippen molar-refractivity contribution in [3.05, 3.63) is 65.5 Å². The van der Waals surface area contributed by atoms with Gasteiger partial charge in [-0.05, 0) is 100 Å². The normalized spacial score (nSPS) is 14.3. The number of hydrogen-bond acceptors (Lipinski definition) is 4. The summed E-state index contributed by atoms with van der Waals surface area (Å²) in [5.74, 6) is -0.362. The Morgan fingerprint density at radius 1 is 1.00 bits per heavy atom. The largest absolute Gasteiger partial charge is 0.412 e. The van der Waals surface area contributed by atoms with Crippen LogP contribution in [0.15, 0.2) is 53.4 Å². The fraction of sp³-hybridized carbons (Fsp3) is 0.440. The molecule has 32 heavy (non-hydrogen) atoms. The van der Waals surface area contributed by atoms with Crippen LogP contribution in [0, 0.1) is 5.82 Å². The minimum Gasteiger partial charge on any atom is -0.412 e. The van der Waals surface area contributed by atoms with Crippen LogP contribution in [0.25, 0.3) is 11.1 Å². The number of benzene rings is 2. The lowest BCUT2D eigenvalue weighted by Gasteiger charge is -2.35. The third kappa shape index (κ3) is 7.37. The van der Waals surface area contributed by atoms with E-state index in [9.17, 15) is 17.9 Å². The Morgan fingerprint density at radius 3 is 2.00 bits per heavy atom. The van der Waals surface area contributed by atoms with E-state index in [-0.39, 0.29) is 16.3 Å². The molecule has 0 saturated heterocycles. The van der Waals surface area contributed by atoms with Crippen molar-refractivity contribution in [2.24, 2.45) is 0 Å². The number of allylic oxidation sites excluding steroid dienone is 1. The second-order valence-electron chi connectivity index (χ2n) is 10.4. The Kier molecular flexibility index (Phi) is 7.61. The monoisotopic (exact) mass is 478 g/mol. The van der Waals surface area contributed by atoms with Crippen molar-refractivity contribution >= 4 is 29.3 Å². The van der Waals surface area contributed by atoms with E-state index in [4.69, 9.17) is 4.43 Å². The second-order valence-corrected chi connectivity index (χ2v) is 16.5. The van der Waals surface area contributed by atoms with E-state index >= 15 is 0 Å². The Labute approximate surface area is 193 Å². The zero-order chi connectivity index (χ0) is 24.5. The highest BCUT2D eigenvalue weighted by molar-refractivity contribution is 7.90. The van der Waals surface area contributed by atoms with E-state index in [2.05, 4.69) is 13.1 Å². The summed E-state index contributed by atoms with van der Waals surface area (Å²) in [5.41, 5.74) is 1.18. The zero-order valence-electron chi connectivity index (χ0n) is 20.3. The SMILES string of the molecule is CC(C)(C)O[Si](C)(C)CC(=C(c1ccc(S(C)(=O)=O)cc1)C(C)(C)O)c1cccc(F)c1. The van der Waals surface area contributed by atoms with E-state index in [0.717, 1.165) is 11.8 Å². The van der Waals surface area contributed by atoms with Gasteiger partial charge < -0.3 is 9.53 Å². The quantitative estimate of drug-likeness (QED) is 0.396. The number of halogens is 1. The maximum absolute atomic E-state index is 14.2. The van der Waals surface area contributed by atoms with Crippen LogP contribution in [0.1, 0.15) is 45.7 Å². The molecule has 2 aromatic rings. The minimum absolute atomic E-state index is 0.203. The highest BCUT2D eigenvalue weighted by atomic mass is 32.2. The lowest BCUT2D eigenvalue weighted by atomic mass is 9.85. The van der Waals surface area contributed by atoms with Crippen LogP contribution >= 0.6 is 0 Å². The minimum atomic E-state index is -3.35. The number of rotatable bonds is 7. The summed E-state index contributed by atoms with van der Waals surface area (Å²) in [6.45, 7) is 13.6. The molecule has 7 heteroatoms. The first kappa shape index (κ1) is 26.4. The molecule has 2 rings (SSSR count). The van der Waals surface area contributed by atoms with Gasteiger partial charge in [-0.3, -0.25) is 0 Å². The molecule has 0 radical (unpaired) electrons. The predicted octanol–water partition coefficient (Wildman–Crippen LogP) is 5.93. The van der Waals surface area contributed by atoms with Crippen LogP contribution in [0.4, 0.5) is 4.39 Å². The Balaban J connectivity index is 2.79. The third-order valence-electron chi connectivity index (χ3n) is 4.84. The van der Waals surface area contributed by atoms with Gasteiger partial charge >= 0.3 is 0 Å². The summed E-state index contributed by atoms with van der Waals surface area (Å²) in [7, 11) is -5.65. The molecule has 0 aromatic heterocycles. The van der Waals surface area contributed by atoms with Crippen molar-refractivity contribution < 1.29 is 22.3 Å². The van der Waals surface area contributed by atoms with Gasteiger partial charge in [0.05, 0.1) is 10.5 Å². The summed E-state index contributed by atoms with van der Waals surface area (Å²) >= 11 is 0. The van der Waals surface area contributed by atoms with Gasteiger partial charge in [-0.2, -0.15) is 0 Å². The van der Waals surface area contributed by atoms with Crippen molar-refractivity contribution in [1.82, 2.24) is 0 Å². The molecule has 1 N–H and O–H groups in total. The fourth-order valence-corrected chi connectivity index (χ4v) is 7.66. The Hall–Kier alpha value is -1.80. The van der Waals surface area contributed by atoms with Crippen molar-refractivity contribution in [2.45, 2.75) is 69.9 Å². The molecule has 2 aromatic carbocycles. The summed E-state index contributed by atoms with van der Waals surface area (Å²) in [6.07, 6.45) is 1.16. The van der Waals surface area contributed by atoms with Crippen LogP contribution in [0.3, 0.4) is 0 Å². The van der Waals surface area contributed by atoms with Crippen LogP contribution in [-0.4, -0.2) is 39.3 Å². The van der Waals surface area contributed by atoms with Crippen LogP contribution in [0.5, 0.6) is 0 Å². The number of aliphatic hydroxyl groups is 1. The van der Waals surface area contributed by atoms with Gasteiger partial charge in [-0.1, -0.05) is 24.3 Å². The average molecular weight is 479 g/mol. The highest BCUT2D eigenvalue weighted by Crippen LogP contribution is 2.40. The lowest BCUT2D eigenvalue weighted by molar-refractivity contribution is 0.121. The molecule has 0 heterocycles. The van der Waals surface area contributed by atoms with Gasteiger partial charge in [0.2, 0.25) is 0 Å². The maximum Gasteiger partial charge on any atom is 0.191 e. The first-order valence-electron chi connectivity index (χ1n) is 10.6. The summed E-state index contributed by atoms with van der Waals surface area (Å²) in [4.78, 5) is 0.203. The van der Waals surface area contributed by atoms with E-state index in [1.165, 1.54) is 24.3 Å². The van der Waals surface area contributed by atoms with Crippen LogP contribution < -0.4 is 0 Å². The molecule has 0 amide bonds. The Bertz CT molecular complexity index is 1090. The number of hydrogen-bond donors (Lipinski definition) is 1. The molecule has 0 atom stereocenters. The first-order chi connectivity index (χ1) is 14.4. The fourth-order valence-electron chi connectivity index (χ4n) is 4.07. The topological polar surface area (TPSA) is 63.6 Å². The molecular weight excluding hydrogens is 443 g/mol. The first-order valence-corrected chi connectivity index (χ1v) is 15.6. The van der Waals surface area contributed by atoms with Crippen molar-refractivity contribution in [1.29, 1.82) is 0 Å². The van der Waals surface area contributed by atoms with E-state index in [1.807, 2.05) is 26.8 Å². The molecule has 0 unspecified atom stereocenters. The molecule has 0 aliphatic heterocycles. The predicted molar refractivity (Wildman–Crippen MR) is 132 cm³/mol. The van der Waals surface area contributed by atoms with Crippen molar-refractivity contribution in [2.75, 3.05) is 6.26 Å². The van der Waals surface area contributed by atoms with Gasteiger partial charge in [0, 0.05) is 11.9 Å².